The van der Waals surface area contributed by atoms with Crippen molar-refractivity contribution < 1.29 is 4.52 Å². The normalized spacial score (nSPS) is 15.8. The van der Waals surface area contributed by atoms with Gasteiger partial charge in [-0.25, -0.2) is 4.98 Å². The lowest BCUT2D eigenvalue weighted by molar-refractivity contribution is 0.354. The lowest BCUT2D eigenvalue weighted by Gasteiger charge is -2.14. The van der Waals surface area contributed by atoms with Gasteiger partial charge in [0.15, 0.2) is 5.96 Å². The number of likely N-dealkylation sites (tertiary alicyclic amines) is 1. The molecule has 3 heterocycles. The van der Waals surface area contributed by atoms with Gasteiger partial charge in [0.1, 0.15) is 5.82 Å². The van der Waals surface area contributed by atoms with Crippen LogP contribution in [0.4, 0.5) is 11.5 Å². The predicted octanol–water partition coefficient (Wildman–Crippen LogP) is 4.50. The number of guanidine groups is 1. The summed E-state index contributed by atoms with van der Waals surface area (Å²) >= 11 is 6.98. The molecule has 152 valence electrons. The van der Waals surface area contributed by atoms with Crippen LogP contribution in [0.1, 0.15) is 18.2 Å². The molecule has 1 atom stereocenters. The Morgan fingerprint density at radius 2 is 2.10 bits per heavy atom. The summed E-state index contributed by atoms with van der Waals surface area (Å²) in [6.07, 6.45) is 2.54. The van der Waals surface area contributed by atoms with Crippen LogP contribution in [0.25, 0.3) is 11.4 Å². The standard InChI is InChI=1S/C18H17Br2N7O.ClH/c19-12-2-3-13(20)14(7-12)24-15-4-1-10(8-23-15)16-25-17(28-26-16)11-5-6-27(9-11)18(21)22;/h1-4,7-8,11H,5-6,9H2,(H3,21,22)(H,23,24);1H/t11-;/m1./s1. The highest BCUT2D eigenvalue weighted by Crippen LogP contribution is 2.30. The Hall–Kier alpha value is -2.17. The number of hydrogen-bond acceptors (Lipinski definition) is 6. The molecule has 8 nitrogen and oxygen atoms in total. The average molecular weight is 544 g/mol. The number of rotatable bonds is 4. The molecule has 0 radical (unpaired) electrons. The third kappa shape index (κ3) is 4.88. The van der Waals surface area contributed by atoms with Gasteiger partial charge >= 0.3 is 0 Å². The molecule has 1 saturated heterocycles. The van der Waals surface area contributed by atoms with Gasteiger partial charge in [0.25, 0.3) is 0 Å². The molecule has 0 unspecified atom stereocenters. The minimum Gasteiger partial charge on any atom is -0.370 e. The summed E-state index contributed by atoms with van der Waals surface area (Å²) in [6.45, 7) is 1.35. The third-order valence-electron chi connectivity index (χ3n) is 4.53. The summed E-state index contributed by atoms with van der Waals surface area (Å²) in [7, 11) is 0. The minimum absolute atomic E-state index is 0. The van der Waals surface area contributed by atoms with Crippen molar-refractivity contribution in [2.45, 2.75) is 12.3 Å². The van der Waals surface area contributed by atoms with Gasteiger partial charge in [-0.15, -0.1) is 12.4 Å². The Balaban J connectivity index is 0.00000240. The maximum atomic E-state index is 7.53. The maximum Gasteiger partial charge on any atom is 0.231 e. The average Bonchev–Trinajstić information content (AvgIpc) is 3.35. The molecule has 1 aromatic carbocycles. The fourth-order valence-electron chi connectivity index (χ4n) is 3.03. The van der Waals surface area contributed by atoms with Crippen LogP contribution in [0.3, 0.4) is 0 Å². The number of aromatic nitrogens is 3. The van der Waals surface area contributed by atoms with E-state index in [-0.39, 0.29) is 24.3 Å². The monoisotopic (exact) mass is 541 g/mol. The van der Waals surface area contributed by atoms with Gasteiger partial charge in [-0.05, 0) is 52.7 Å². The van der Waals surface area contributed by atoms with E-state index in [1.807, 2.05) is 30.3 Å². The number of anilines is 2. The van der Waals surface area contributed by atoms with Crippen LogP contribution in [0.2, 0.25) is 0 Å². The lowest BCUT2D eigenvalue weighted by atomic mass is 10.1. The molecule has 0 aliphatic carbocycles. The van der Waals surface area contributed by atoms with Crippen LogP contribution in [-0.4, -0.2) is 39.1 Å². The largest absolute Gasteiger partial charge is 0.370 e. The van der Waals surface area contributed by atoms with Crippen molar-refractivity contribution >= 4 is 61.7 Å². The van der Waals surface area contributed by atoms with Crippen molar-refractivity contribution in [3.63, 3.8) is 0 Å². The summed E-state index contributed by atoms with van der Waals surface area (Å²) in [6, 6.07) is 9.65. The molecule has 1 aliphatic rings. The first kappa shape index (κ1) is 21.5. The maximum absolute atomic E-state index is 7.53. The van der Waals surface area contributed by atoms with Crippen molar-refractivity contribution in [3.8, 4) is 11.4 Å². The molecule has 0 spiro atoms. The third-order valence-corrected chi connectivity index (χ3v) is 5.72. The number of nitrogens with one attached hydrogen (secondary N) is 2. The number of benzene rings is 1. The summed E-state index contributed by atoms with van der Waals surface area (Å²) in [4.78, 5) is 10.7. The predicted molar refractivity (Wildman–Crippen MR) is 121 cm³/mol. The van der Waals surface area contributed by atoms with E-state index in [1.165, 1.54) is 0 Å². The van der Waals surface area contributed by atoms with Crippen molar-refractivity contribution in [2.24, 2.45) is 5.73 Å². The van der Waals surface area contributed by atoms with E-state index < -0.39 is 0 Å². The van der Waals surface area contributed by atoms with Gasteiger partial charge in [-0.3, -0.25) is 5.41 Å². The Labute approximate surface area is 190 Å². The van der Waals surface area contributed by atoms with Crippen molar-refractivity contribution in [3.05, 3.63) is 51.4 Å². The van der Waals surface area contributed by atoms with Gasteiger partial charge < -0.3 is 20.5 Å². The smallest absolute Gasteiger partial charge is 0.231 e. The zero-order chi connectivity index (χ0) is 19.7. The van der Waals surface area contributed by atoms with Gasteiger partial charge in [0.05, 0.1) is 11.6 Å². The van der Waals surface area contributed by atoms with Gasteiger partial charge in [0.2, 0.25) is 11.7 Å². The second-order valence-corrected chi connectivity index (χ2v) is 8.22. The second-order valence-electron chi connectivity index (χ2n) is 6.45. The van der Waals surface area contributed by atoms with Crippen molar-refractivity contribution in [1.82, 2.24) is 20.0 Å². The SMILES string of the molecule is Cl.N=C(N)N1CC[C@@H](c2nc(-c3ccc(Nc4cc(Br)ccc4Br)nc3)no2)C1. The van der Waals surface area contributed by atoms with Crippen molar-refractivity contribution in [1.29, 1.82) is 5.41 Å². The van der Waals surface area contributed by atoms with Crippen LogP contribution in [-0.2, 0) is 0 Å². The van der Waals surface area contributed by atoms with E-state index in [0.29, 0.717) is 24.1 Å². The van der Waals surface area contributed by atoms with Gasteiger partial charge in [0, 0.05) is 33.8 Å². The quantitative estimate of drug-likeness (QED) is 0.328. The molecular weight excluding hydrogens is 526 g/mol. The summed E-state index contributed by atoms with van der Waals surface area (Å²) in [5, 5.41) is 14.9. The van der Waals surface area contributed by atoms with E-state index in [9.17, 15) is 0 Å². The van der Waals surface area contributed by atoms with Crippen molar-refractivity contribution in [2.75, 3.05) is 18.4 Å². The molecule has 3 aromatic rings. The molecule has 29 heavy (non-hydrogen) atoms. The van der Waals surface area contributed by atoms with E-state index in [2.05, 4.69) is 52.3 Å². The molecule has 4 N–H and O–H groups in total. The Kier molecular flexibility index (Phi) is 6.76. The zero-order valence-corrected chi connectivity index (χ0v) is 19.1. The van der Waals surface area contributed by atoms with Crippen LogP contribution in [0.5, 0.6) is 0 Å². The number of pyridine rings is 1. The molecule has 0 saturated carbocycles. The number of halogens is 3. The first-order valence-electron chi connectivity index (χ1n) is 8.60. The van der Waals surface area contributed by atoms with E-state index in [4.69, 9.17) is 15.7 Å². The first-order chi connectivity index (χ1) is 13.5. The molecule has 0 amide bonds. The minimum atomic E-state index is 0. The van der Waals surface area contributed by atoms with E-state index in [1.54, 1.807) is 11.1 Å². The summed E-state index contributed by atoms with van der Waals surface area (Å²) in [5.41, 5.74) is 7.23. The Bertz CT molecular complexity index is 1010. The van der Waals surface area contributed by atoms with Crippen LogP contribution in [0, 0.1) is 5.41 Å². The molecule has 0 bridgehead atoms. The Morgan fingerprint density at radius 1 is 1.28 bits per heavy atom. The van der Waals surface area contributed by atoms with E-state index >= 15 is 0 Å². The van der Waals surface area contributed by atoms with Gasteiger partial charge in [-0.1, -0.05) is 21.1 Å². The zero-order valence-electron chi connectivity index (χ0n) is 15.1. The lowest BCUT2D eigenvalue weighted by Crippen LogP contribution is -2.34. The molecule has 1 aliphatic heterocycles. The highest BCUT2D eigenvalue weighted by atomic mass is 79.9. The molecule has 4 rings (SSSR count). The van der Waals surface area contributed by atoms with Crippen LogP contribution >= 0.6 is 44.3 Å². The number of nitrogens with zero attached hydrogens (tertiary/aromatic N) is 4. The molecular formula is C18H18Br2ClN7O. The van der Waals surface area contributed by atoms with Crippen LogP contribution < -0.4 is 11.1 Å². The topological polar surface area (TPSA) is 117 Å². The Morgan fingerprint density at radius 3 is 2.79 bits per heavy atom. The summed E-state index contributed by atoms with van der Waals surface area (Å²) in [5.74, 6) is 1.94. The fourth-order valence-corrected chi connectivity index (χ4v) is 3.74. The molecule has 11 heteroatoms. The van der Waals surface area contributed by atoms with E-state index in [0.717, 1.165) is 33.2 Å². The van der Waals surface area contributed by atoms with Crippen LogP contribution in [0.15, 0.2) is 50.0 Å². The highest BCUT2D eigenvalue weighted by molar-refractivity contribution is 9.11. The van der Waals surface area contributed by atoms with Gasteiger partial charge in [-0.2, -0.15) is 4.98 Å². The number of hydrogen-bond donors (Lipinski definition) is 3. The number of nitrogens with two attached hydrogens (primary N) is 1. The summed E-state index contributed by atoms with van der Waals surface area (Å²) < 4.78 is 7.35. The highest BCUT2D eigenvalue weighted by Gasteiger charge is 2.29. The first-order valence-corrected chi connectivity index (χ1v) is 10.2. The molecule has 2 aromatic heterocycles. The molecule has 1 fully saturated rings. The second kappa shape index (κ2) is 9.10. The fraction of sp³-hybridized carbons (Fsp3) is 0.222.